The van der Waals surface area contributed by atoms with Crippen LogP contribution in [0.25, 0.3) is 5.69 Å². The Morgan fingerprint density at radius 3 is 2.38 bits per heavy atom. The molecule has 2 aromatic carbocycles. The summed E-state index contributed by atoms with van der Waals surface area (Å²) in [4.78, 5) is 24.7. The van der Waals surface area contributed by atoms with Crippen LogP contribution in [0.5, 0.6) is 0 Å². The molecular formula is C26H26N4O2. The molecule has 0 radical (unpaired) electrons. The van der Waals surface area contributed by atoms with Crippen molar-refractivity contribution < 1.29 is 4.79 Å². The van der Waals surface area contributed by atoms with Crippen molar-refractivity contribution in [3.05, 3.63) is 117 Å². The van der Waals surface area contributed by atoms with Crippen LogP contribution in [0.15, 0.2) is 83.9 Å². The van der Waals surface area contributed by atoms with Gasteiger partial charge in [0.2, 0.25) is 0 Å². The highest BCUT2D eigenvalue weighted by Crippen LogP contribution is 2.17. The molecule has 1 N–H and O–H groups in total. The van der Waals surface area contributed by atoms with Crippen LogP contribution < -0.4 is 10.9 Å². The zero-order valence-electron chi connectivity index (χ0n) is 18.3. The fourth-order valence-corrected chi connectivity index (χ4v) is 3.64. The smallest absolute Gasteiger partial charge is 0.255 e. The van der Waals surface area contributed by atoms with Gasteiger partial charge in [-0.25, -0.2) is 4.68 Å². The molecule has 0 unspecified atom stereocenters. The largest absolute Gasteiger partial charge is 0.348 e. The highest BCUT2D eigenvalue weighted by molar-refractivity contribution is 5.95. The van der Waals surface area contributed by atoms with E-state index in [0.29, 0.717) is 25.1 Å². The van der Waals surface area contributed by atoms with Gasteiger partial charge in [-0.15, -0.1) is 0 Å². The van der Waals surface area contributed by atoms with Gasteiger partial charge in [0.15, 0.2) is 0 Å². The lowest BCUT2D eigenvalue weighted by Crippen LogP contribution is -2.24. The fourth-order valence-electron chi connectivity index (χ4n) is 3.64. The molecule has 4 aromatic rings. The second kappa shape index (κ2) is 9.47. The number of hydrogen-bond acceptors (Lipinski definition) is 3. The predicted molar refractivity (Wildman–Crippen MR) is 125 cm³/mol. The highest BCUT2D eigenvalue weighted by Gasteiger charge is 2.17. The molecular weight excluding hydrogens is 400 g/mol. The first kappa shape index (κ1) is 21.3. The fraction of sp³-hybridized carbons (Fsp3) is 0.192. The van der Waals surface area contributed by atoms with Crippen LogP contribution in [-0.2, 0) is 19.5 Å². The van der Waals surface area contributed by atoms with E-state index in [2.05, 4.69) is 10.4 Å². The minimum absolute atomic E-state index is 0.0262. The number of carbonyl (C=O) groups excluding carboxylic acids is 1. The molecule has 2 aromatic heterocycles. The minimum Gasteiger partial charge on any atom is -0.348 e. The molecule has 2 heterocycles. The number of hydrogen-bond donors (Lipinski definition) is 1. The number of carbonyl (C=O) groups is 1. The van der Waals surface area contributed by atoms with Gasteiger partial charge < -0.3 is 9.88 Å². The minimum atomic E-state index is -0.139. The van der Waals surface area contributed by atoms with Crippen molar-refractivity contribution in [1.29, 1.82) is 0 Å². The van der Waals surface area contributed by atoms with E-state index < -0.39 is 0 Å². The zero-order valence-corrected chi connectivity index (χ0v) is 18.3. The highest BCUT2D eigenvalue weighted by atomic mass is 16.1. The van der Waals surface area contributed by atoms with Crippen LogP contribution in [0.4, 0.5) is 0 Å². The van der Waals surface area contributed by atoms with Gasteiger partial charge in [-0.1, -0.05) is 55.0 Å². The Morgan fingerprint density at radius 2 is 1.69 bits per heavy atom. The number of aromatic nitrogens is 3. The van der Waals surface area contributed by atoms with E-state index >= 15 is 0 Å². The van der Waals surface area contributed by atoms with E-state index in [1.165, 1.54) is 5.56 Å². The SMILES string of the molecule is CCc1c(C(=O)NCc2ccc(Cn3ccccc3=O)cc2)cnn1-c1ccc(C)cc1. The summed E-state index contributed by atoms with van der Waals surface area (Å²) in [6, 6.07) is 21.1. The lowest BCUT2D eigenvalue weighted by atomic mass is 10.1. The van der Waals surface area contributed by atoms with E-state index in [1.807, 2.05) is 73.1 Å². The van der Waals surface area contributed by atoms with Gasteiger partial charge in [0, 0.05) is 18.8 Å². The summed E-state index contributed by atoms with van der Waals surface area (Å²) in [6.07, 6.45) is 4.11. The predicted octanol–water partition coefficient (Wildman–Crippen LogP) is 3.88. The van der Waals surface area contributed by atoms with Gasteiger partial charge >= 0.3 is 0 Å². The molecule has 0 spiro atoms. The number of aryl methyl sites for hydroxylation is 1. The van der Waals surface area contributed by atoms with Gasteiger partial charge in [0.1, 0.15) is 0 Å². The second-order valence-corrected chi connectivity index (χ2v) is 7.77. The molecule has 0 aliphatic rings. The molecule has 0 saturated heterocycles. The molecule has 6 heteroatoms. The number of pyridine rings is 1. The van der Waals surface area contributed by atoms with Gasteiger partial charge in [-0.05, 0) is 42.7 Å². The van der Waals surface area contributed by atoms with Gasteiger partial charge in [-0.3, -0.25) is 9.59 Å². The summed E-state index contributed by atoms with van der Waals surface area (Å²) in [5.74, 6) is -0.139. The summed E-state index contributed by atoms with van der Waals surface area (Å²) < 4.78 is 3.49. The number of amides is 1. The monoisotopic (exact) mass is 426 g/mol. The van der Waals surface area contributed by atoms with Crippen molar-refractivity contribution in [3.63, 3.8) is 0 Å². The Morgan fingerprint density at radius 1 is 0.969 bits per heavy atom. The maximum Gasteiger partial charge on any atom is 0.255 e. The summed E-state index contributed by atoms with van der Waals surface area (Å²) in [5.41, 5.74) is 5.59. The first-order valence-electron chi connectivity index (χ1n) is 10.7. The van der Waals surface area contributed by atoms with Crippen molar-refractivity contribution in [3.8, 4) is 5.69 Å². The maximum absolute atomic E-state index is 12.8. The van der Waals surface area contributed by atoms with E-state index in [4.69, 9.17) is 0 Å². The number of rotatable bonds is 7. The van der Waals surface area contributed by atoms with Gasteiger partial charge in [-0.2, -0.15) is 5.10 Å². The number of nitrogens with one attached hydrogen (secondary N) is 1. The lowest BCUT2D eigenvalue weighted by molar-refractivity contribution is 0.0950. The third kappa shape index (κ3) is 4.70. The van der Waals surface area contributed by atoms with Crippen molar-refractivity contribution in [2.75, 3.05) is 0 Å². The first-order valence-corrected chi connectivity index (χ1v) is 10.7. The summed E-state index contributed by atoms with van der Waals surface area (Å²) in [7, 11) is 0. The van der Waals surface area contributed by atoms with Crippen LogP contribution >= 0.6 is 0 Å². The van der Waals surface area contributed by atoms with Gasteiger partial charge in [0.05, 0.1) is 29.7 Å². The molecule has 0 bridgehead atoms. The Labute approximate surface area is 187 Å². The molecule has 162 valence electrons. The van der Waals surface area contributed by atoms with E-state index in [0.717, 1.165) is 22.5 Å². The average molecular weight is 427 g/mol. The Hall–Kier alpha value is -3.93. The van der Waals surface area contributed by atoms with Crippen molar-refractivity contribution in [2.24, 2.45) is 0 Å². The maximum atomic E-state index is 12.8. The number of nitrogens with zero attached hydrogens (tertiary/aromatic N) is 3. The average Bonchev–Trinajstić information content (AvgIpc) is 3.24. The van der Waals surface area contributed by atoms with Crippen LogP contribution in [0, 0.1) is 6.92 Å². The third-order valence-electron chi connectivity index (χ3n) is 5.45. The summed E-state index contributed by atoms with van der Waals surface area (Å²) >= 11 is 0. The molecule has 32 heavy (non-hydrogen) atoms. The van der Waals surface area contributed by atoms with Crippen LogP contribution in [-0.4, -0.2) is 20.3 Å². The molecule has 0 fully saturated rings. The molecule has 0 aliphatic carbocycles. The third-order valence-corrected chi connectivity index (χ3v) is 5.45. The normalized spacial score (nSPS) is 10.8. The molecule has 1 amide bonds. The summed E-state index contributed by atoms with van der Waals surface area (Å²) in [6.45, 7) is 5.00. The van der Waals surface area contributed by atoms with Crippen molar-refractivity contribution >= 4 is 5.91 Å². The second-order valence-electron chi connectivity index (χ2n) is 7.77. The van der Waals surface area contributed by atoms with Crippen LogP contribution in [0.2, 0.25) is 0 Å². The molecule has 0 atom stereocenters. The standard InChI is InChI=1S/C26H26N4O2/c1-3-24-23(17-28-30(24)22-13-7-19(2)8-14-22)26(32)27-16-20-9-11-21(12-10-20)18-29-15-5-4-6-25(29)31/h4-15,17H,3,16,18H2,1-2H3,(H,27,32). The van der Waals surface area contributed by atoms with Gasteiger partial charge in [0.25, 0.3) is 11.5 Å². The summed E-state index contributed by atoms with van der Waals surface area (Å²) in [5, 5.41) is 7.44. The Bertz CT molecular complexity index is 1270. The zero-order chi connectivity index (χ0) is 22.5. The van der Waals surface area contributed by atoms with E-state index in [1.54, 1.807) is 29.1 Å². The van der Waals surface area contributed by atoms with E-state index in [-0.39, 0.29) is 11.5 Å². The molecule has 0 saturated carbocycles. The van der Waals surface area contributed by atoms with Crippen molar-refractivity contribution in [2.45, 2.75) is 33.4 Å². The molecule has 6 nitrogen and oxygen atoms in total. The van der Waals surface area contributed by atoms with E-state index in [9.17, 15) is 9.59 Å². The topological polar surface area (TPSA) is 68.9 Å². The Balaban J connectivity index is 1.42. The lowest BCUT2D eigenvalue weighted by Gasteiger charge is -2.10. The Kier molecular flexibility index (Phi) is 6.31. The van der Waals surface area contributed by atoms with Crippen molar-refractivity contribution in [1.82, 2.24) is 19.7 Å². The quantitative estimate of drug-likeness (QED) is 0.488. The molecule has 0 aliphatic heterocycles. The number of benzene rings is 2. The first-order chi connectivity index (χ1) is 15.5. The molecule has 4 rings (SSSR count). The van der Waals surface area contributed by atoms with Crippen LogP contribution in [0.3, 0.4) is 0 Å². The van der Waals surface area contributed by atoms with Crippen LogP contribution in [0.1, 0.15) is 39.7 Å².